The van der Waals surface area contributed by atoms with Crippen molar-refractivity contribution in [1.82, 2.24) is 13.7 Å². The second-order valence-corrected chi connectivity index (χ2v) is 21.6. The summed E-state index contributed by atoms with van der Waals surface area (Å²) < 4.78 is 49.7. The standard InChI is InChI=1S/C64H51BF3N3S/c1-37(2)40-34-48(38(3)4)60(49(35-40)39(5)6)65-50-23-13-17-27-55(50)72-56-36-44(32-33-51(56)65)71-54-26-16-12-22-47(54)59-62-57(46-21-11-15-25-53(46)70(62)43-30-28-41(29-31-43)64(66,67)68)61-58(63(59)71)45-20-10-14-24-52(45)69(61)42-18-8-7-9-19-42/h7-39H,1-6H3. The molecule has 0 atom stereocenters. The molecule has 12 aromatic rings. The van der Waals surface area contributed by atoms with Gasteiger partial charge in [0.15, 0.2) is 0 Å². The number of fused-ring (bicyclic) bond motifs is 14. The monoisotopic (exact) mass is 961 g/mol. The van der Waals surface area contributed by atoms with Gasteiger partial charge in [0, 0.05) is 59.2 Å². The predicted octanol–water partition coefficient (Wildman–Crippen LogP) is 16.3. The van der Waals surface area contributed by atoms with Crippen molar-refractivity contribution in [2.75, 3.05) is 0 Å². The number of hydrogen-bond acceptors (Lipinski definition) is 1. The Bertz CT molecular complexity index is 4130. The Morgan fingerprint density at radius 1 is 0.417 bits per heavy atom. The van der Waals surface area contributed by atoms with Gasteiger partial charge < -0.3 is 13.7 Å². The van der Waals surface area contributed by atoms with E-state index in [2.05, 4.69) is 201 Å². The van der Waals surface area contributed by atoms with E-state index in [1.54, 1.807) is 12.1 Å². The molecular formula is C64H51BF3N3S. The number of para-hydroxylation sites is 4. The van der Waals surface area contributed by atoms with Crippen LogP contribution in [0.15, 0.2) is 192 Å². The number of aromatic nitrogens is 3. The first-order valence-corrected chi connectivity index (χ1v) is 25.9. The first-order valence-electron chi connectivity index (χ1n) is 25.1. The fourth-order valence-corrected chi connectivity index (χ4v) is 13.2. The molecule has 0 spiro atoms. The SMILES string of the molecule is CC(C)c1cc(C(C)C)c(B2c3ccccc3Sc3cc(-n4c5ccccc5c5c6c(c7ccccc7n6-c6ccc(C(F)(F)F)cc6)c6c(c7ccccc7n6-c6ccccc6)c54)ccc32)c(C(C)C)c1. The van der Waals surface area contributed by atoms with Gasteiger partial charge in [-0.05, 0) is 107 Å². The van der Waals surface area contributed by atoms with E-state index in [0.717, 1.165) is 76.8 Å². The van der Waals surface area contributed by atoms with Gasteiger partial charge >= 0.3 is 6.18 Å². The minimum absolute atomic E-state index is 0.0373. The normalized spacial score (nSPS) is 13.1. The first kappa shape index (κ1) is 44.5. The van der Waals surface area contributed by atoms with E-state index in [9.17, 15) is 13.2 Å². The molecule has 0 bridgehead atoms. The first-order chi connectivity index (χ1) is 34.9. The molecule has 1 aliphatic rings. The Hall–Kier alpha value is -7.42. The summed E-state index contributed by atoms with van der Waals surface area (Å²) in [7, 11) is 0. The zero-order chi connectivity index (χ0) is 49.3. The summed E-state index contributed by atoms with van der Waals surface area (Å²) in [5.74, 6) is 1.07. The summed E-state index contributed by atoms with van der Waals surface area (Å²) in [5.41, 5.74) is 16.4. The Morgan fingerprint density at radius 2 is 0.847 bits per heavy atom. The average molecular weight is 962 g/mol. The molecule has 3 aromatic heterocycles. The summed E-state index contributed by atoms with van der Waals surface area (Å²) >= 11 is 1.85. The predicted molar refractivity (Wildman–Crippen MR) is 298 cm³/mol. The molecule has 9 aromatic carbocycles. The molecule has 4 heterocycles. The van der Waals surface area contributed by atoms with Crippen LogP contribution in [-0.4, -0.2) is 20.4 Å². The molecule has 0 fully saturated rings. The molecular weight excluding hydrogens is 911 g/mol. The Kier molecular flexibility index (Phi) is 10.2. The Balaban J connectivity index is 1.19. The highest BCUT2D eigenvalue weighted by Gasteiger charge is 2.37. The van der Waals surface area contributed by atoms with E-state index >= 15 is 0 Å². The topological polar surface area (TPSA) is 14.8 Å². The largest absolute Gasteiger partial charge is 0.416 e. The van der Waals surface area contributed by atoms with Crippen molar-refractivity contribution in [2.45, 2.75) is 75.3 Å². The maximum absolute atomic E-state index is 14.2. The van der Waals surface area contributed by atoms with E-state index in [0.29, 0.717) is 23.4 Å². The van der Waals surface area contributed by atoms with Crippen LogP contribution in [0, 0.1) is 0 Å². The van der Waals surface area contributed by atoms with Crippen LogP contribution in [0.2, 0.25) is 0 Å². The number of hydrogen-bond donors (Lipinski definition) is 0. The van der Waals surface area contributed by atoms with Crippen molar-refractivity contribution in [3.8, 4) is 17.1 Å². The van der Waals surface area contributed by atoms with Crippen molar-refractivity contribution < 1.29 is 13.2 Å². The number of alkyl halides is 3. The summed E-state index contributed by atoms with van der Waals surface area (Å²) in [6, 6.07) is 63.0. The number of rotatable bonds is 7. The second-order valence-electron chi connectivity index (χ2n) is 20.5. The van der Waals surface area contributed by atoms with Crippen molar-refractivity contribution in [1.29, 1.82) is 0 Å². The van der Waals surface area contributed by atoms with E-state index < -0.39 is 11.7 Å². The van der Waals surface area contributed by atoms with Crippen LogP contribution in [0.1, 0.15) is 81.5 Å². The third-order valence-corrected chi connectivity index (χ3v) is 16.4. The van der Waals surface area contributed by atoms with E-state index in [1.807, 2.05) is 23.9 Å². The Labute approximate surface area is 421 Å². The van der Waals surface area contributed by atoms with Gasteiger partial charge in [0.05, 0.1) is 38.7 Å². The van der Waals surface area contributed by atoms with Gasteiger partial charge in [0.1, 0.15) is 0 Å². The average Bonchev–Trinajstić information content (AvgIpc) is 4.03. The highest BCUT2D eigenvalue weighted by Crippen LogP contribution is 2.50. The van der Waals surface area contributed by atoms with Gasteiger partial charge in [-0.25, -0.2) is 0 Å². The van der Waals surface area contributed by atoms with Crippen molar-refractivity contribution >= 4 is 100 Å². The highest BCUT2D eigenvalue weighted by atomic mass is 32.2. The van der Waals surface area contributed by atoms with Crippen molar-refractivity contribution in [3.05, 3.63) is 204 Å². The lowest BCUT2D eigenvalue weighted by atomic mass is 9.34. The van der Waals surface area contributed by atoms with Gasteiger partial charge in [-0.2, -0.15) is 13.2 Å². The molecule has 0 saturated heterocycles. The molecule has 13 rings (SSSR count). The molecule has 72 heavy (non-hydrogen) atoms. The third kappa shape index (κ3) is 6.60. The Morgan fingerprint density at radius 3 is 1.35 bits per heavy atom. The molecule has 0 saturated carbocycles. The van der Waals surface area contributed by atoms with Gasteiger partial charge in [-0.1, -0.05) is 179 Å². The molecule has 0 unspecified atom stereocenters. The lowest BCUT2D eigenvalue weighted by Gasteiger charge is -2.32. The molecule has 352 valence electrons. The number of nitrogens with zero attached hydrogens (tertiary/aromatic N) is 3. The summed E-state index contributed by atoms with van der Waals surface area (Å²) in [5, 5.41) is 6.41. The summed E-state index contributed by atoms with van der Waals surface area (Å²) in [6.07, 6.45) is -4.47. The van der Waals surface area contributed by atoms with E-state index in [-0.39, 0.29) is 6.71 Å². The minimum Gasteiger partial charge on any atom is -0.308 e. The zero-order valence-electron chi connectivity index (χ0n) is 41.0. The quantitative estimate of drug-likeness (QED) is 0.145. The zero-order valence-corrected chi connectivity index (χ0v) is 41.8. The smallest absolute Gasteiger partial charge is 0.308 e. The highest BCUT2D eigenvalue weighted by molar-refractivity contribution is 8.00. The molecule has 1 aliphatic heterocycles. The van der Waals surface area contributed by atoms with Gasteiger partial charge in [-0.15, -0.1) is 0 Å². The summed E-state index contributed by atoms with van der Waals surface area (Å²) in [4.78, 5) is 2.49. The molecule has 0 amide bonds. The molecule has 0 radical (unpaired) electrons. The fraction of sp³-hybridized carbons (Fsp3) is 0.156. The lowest BCUT2D eigenvalue weighted by Crippen LogP contribution is -2.57. The van der Waals surface area contributed by atoms with Crippen LogP contribution in [0.25, 0.3) is 82.5 Å². The van der Waals surface area contributed by atoms with Gasteiger partial charge in [0.2, 0.25) is 6.71 Å². The van der Waals surface area contributed by atoms with E-state index in [1.165, 1.54) is 55.0 Å². The van der Waals surface area contributed by atoms with Crippen LogP contribution < -0.4 is 16.4 Å². The fourth-order valence-electron chi connectivity index (χ4n) is 12.1. The van der Waals surface area contributed by atoms with Gasteiger partial charge in [0.25, 0.3) is 0 Å². The lowest BCUT2D eigenvalue weighted by molar-refractivity contribution is -0.137. The maximum Gasteiger partial charge on any atom is 0.416 e. The molecule has 0 N–H and O–H groups in total. The molecule has 0 aliphatic carbocycles. The van der Waals surface area contributed by atoms with Crippen molar-refractivity contribution in [2.24, 2.45) is 0 Å². The van der Waals surface area contributed by atoms with Crippen LogP contribution in [0.5, 0.6) is 0 Å². The van der Waals surface area contributed by atoms with Crippen LogP contribution >= 0.6 is 11.8 Å². The third-order valence-electron chi connectivity index (χ3n) is 15.3. The second kappa shape index (κ2) is 16.6. The molecule has 3 nitrogen and oxygen atoms in total. The maximum atomic E-state index is 14.2. The minimum atomic E-state index is -4.47. The van der Waals surface area contributed by atoms with Crippen LogP contribution in [-0.2, 0) is 6.18 Å². The van der Waals surface area contributed by atoms with Crippen molar-refractivity contribution in [3.63, 3.8) is 0 Å². The number of halogens is 3. The van der Waals surface area contributed by atoms with Crippen LogP contribution in [0.3, 0.4) is 0 Å². The van der Waals surface area contributed by atoms with Gasteiger partial charge in [-0.3, -0.25) is 0 Å². The number of benzene rings is 9. The summed E-state index contributed by atoms with van der Waals surface area (Å²) in [6.45, 7) is 14.0. The van der Waals surface area contributed by atoms with Crippen LogP contribution in [0.4, 0.5) is 13.2 Å². The van der Waals surface area contributed by atoms with E-state index in [4.69, 9.17) is 0 Å². The molecule has 8 heteroatoms.